The highest BCUT2D eigenvalue weighted by Crippen LogP contribution is 2.21. The molecule has 0 spiro atoms. The van der Waals surface area contributed by atoms with Crippen LogP contribution in [-0.2, 0) is 11.3 Å². The van der Waals surface area contributed by atoms with Gasteiger partial charge < -0.3 is 15.8 Å². The number of hydrogen-bond donors (Lipinski definition) is 2. The van der Waals surface area contributed by atoms with Gasteiger partial charge in [0.15, 0.2) is 6.61 Å². The number of benzene rings is 1. The van der Waals surface area contributed by atoms with Crippen LogP contribution in [0.3, 0.4) is 0 Å². The van der Waals surface area contributed by atoms with Crippen molar-refractivity contribution in [1.82, 2.24) is 5.32 Å². The van der Waals surface area contributed by atoms with Crippen molar-refractivity contribution in [3.8, 4) is 5.75 Å². The maximum Gasteiger partial charge on any atom is 0.257 e. The van der Waals surface area contributed by atoms with E-state index in [1.807, 2.05) is 6.92 Å². The summed E-state index contributed by atoms with van der Waals surface area (Å²) in [5.74, 6) is 0.412. The molecule has 0 aliphatic carbocycles. The lowest BCUT2D eigenvalue weighted by molar-refractivity contribution is -0.122. The molecule has 0 fully saturated rings. The summed E-state index contributed by atoms with van der Waals surface area (Å²) in [6.07, 6.45) is 0. The van der Waals surface area contributed by atoms with Gasteiger partial charge in [-0.25, -0.2) is 0 Å². The molecule has 0 saturated carbocycles. The zero-order valence-corrected chi connectivity index (χ0v) is 9.88. The van der Waals surface area contributed by atoms with Gasteiger partial charge in [0.25, 0.3) is 5.91 Å². The third kappa shape index (κ3) is 3.72. The van der Waals surface area contributed by atoms with Gasteiger partial charge in [0.05, 0.1) is 0 Å². The molecule has 1 rings (SSSR count). The second-order valence-corrected chi connectivity index (χ2v) is 3.61. The van der Waals surface area contributed by atoms with Gasteiger partial charge in [0.2, 0.25) is 0 Å². The van der Waals surface area contributed by atoms with E-state index >= 15 is 0 Å². The fourth-order valence-electron chi connectivity index (χ4n) is 1.18. The smallest absolute Gasteiger partial charge is 0.257 e. The van der Waals surface area contributed by atoms with Crippen molar-refractivity contribution < 1.29 is 9.53 Å². The standard InChI is InChI=1S/C11H15ClN2O2/c1-2-14-11(15)7-16-9-4-3-8(6-13)10(12)5-9/h3-5H,2,6-7,13H2,1H3,(H,14,15). The van der Waals surface area contributed by atoms with E-state index in [-0.39, 0.29) is 12.5 Å². The molecule has 0 bridgehead atoms. The fourth-order valence-corrected chi connectivity index (χ4v) is 1.43. The molecule has 4 nitrogen and oxygen atoms in total. The van der Waals surface area contributed by atoms with Gasteiger partial charge in [0.1, 0.15) is 5.75 Å². The van der Waals surface area contributed by atoms with Crippen molar-refractivity contribution in [2.24, 2.45) is 5.73 Å². The summed E-state index contributed by atoms with van der Waals surface area (Å²) >= 11 is 5.95. The van der Waals surface area contributed by atoms with Crippen LogP contribution in [0.1, 0.15) is 12.5 Å². The van der Waals surface area contributed by atoms with Crippen molar-refractivity contribution in [1.29, 1.82) is 0 Å². The van der Waals surface area contributed by atoms with Crippen molar-refractivity contribution in [2.45, 2.75) is 13.5 Å². The number of carbonyl (C=O) groups is 1. The summed E-state index contributed by atoms with van der Waals surface area (Å²) in [5, 5.41) is 3.19. The molecule has 0 heterocycles. The maximum absolute atomic E-state index is 11.1. The largest absolute Gasteiger partial charge is 0.484 e. The molecule has 0 saturated heterocycles. The van der Waals surface area contributed by atoms with Crippen LogP contribution >= 0.6 is 11.6 Å². The maximum atomic E-state index is 11.1. The fraction of sp³-hybridized carbons (Fsp3) is 0.364. The Morgan fingerprint density at radius 2 is 2.31 bits per heavy atom. The van der Waals surface area contributed by atoms with E-state index in [4.69, 9.17) is 22.1 Å². The van der Waals surface area contributed by atoms with Crippen molar-refractivity contribution in [3.63, 3.8) is 0 Å². The van der Waals surface area contributed by atoms with Gasteiger partial charge in [0, 0.05) is 18.1 Å². The van der Waals surface area contributed by atoms with E-state index in [1.54, 1.807) is 18.2 Å². The van der Waals surface area contributed by atoms with Crippen LogP contribution in [0, 0.1) is 0 Å². The molecule has 0 aliphatic rings. The average molecular weight is 243 g/mol. The lowest BCUT2D eigenvalue weighted by Gasteiger charge is -2.08. The molecule has 0 aromatic heterocycles. The highest BCUT2D eigenvalue weighted by atomic mass is 35.5. The Bertz CT molecular complexity index is 369. The van der Waals surface area contributed by atoms with Crippen LogP contribution in [0.2, 0.25) is 5.02 Å². The molecule has 5 heteroatoms. The highest BCUT2D eigenvalue weighted by Gasteiger charge is 2.03. The number of amides is 1. The first-order valence-corrected chi connectivity index (χ1v) is 5.43. The minimum Gasteiger partial charge on any atom is -0.484 e. The van der Waals surface area contributed by atoms with Gasteiger partial charge >= 0.3 is 0 Å². The molecule has 88 valence electrons. The van der Waals surface area contributed by atoms with E-state index in [0.717, 1.165) is 5.56 Å². The molecule has 0 unspecified atom stereocenters. The van der Waals surface area contributed by atoms with Gasteiger partial charge in [-0.1, -0.05) is 17.7 Å². The topological polar surface area (TPSA) is 64.3 Å². The Hall–Kier alpha value is -1.26. The van der Waals surface area contributed by atoms with Crippen LogP contribution in [0.5, 0.6) is 5.75 Å². The molecule has 1 amide bonds. The Kier molecular flexibility index (Phi) is 5.08. The van der Waals surface area contributed by atoms with Crippen molar-refractivity contribution >= 4 is 17.5 Å². The van der Waals surface area contributed by atoms with Crippen LogP contribution in [-0.4, -0.2) is 19.1 Å². The molecule has 0 radical (unpaired) electrons. The zero-order chi connectivity index (χ0) is 12.0. The number of likely N-dealkylation sites (N-methyl/N-ethyl adjacent to an activating group) is 1. The first kappa shape index (κ1) is 12.8. The van der Waals surface area contributed by atoms with E-state index in [1.165, 1.54) is 0 Å². The summed E-state index contributed by atoms with van der Waals surface area (Å²) in [6.45, 7) is 2.82. The average Bonchev–Trinajstić information content (AvgIpc) is 2.27. The second kappa shape index (κ2) is 6.35. The van der Waals surface area contributed by atoms with Gasteiger partial charge in [-0.05, 0) is 24.6 Å². The molecule has 16 heavy (non-hydrogen) atoms. The van der Waals surface area contributed by atoms with Crippen molar-refractivity contribution in [2.75, 3.05) is 13.2 Å². The summed E-state index contributed by atoms with van der Waals surface area (Å²) in [4.78, 5) is 11.1. The Labute approximate surface area is 99.7 Å². The molecule has 3 N–H and O–H groups in total. The molecular formula is C11H15ClN2O2. The van der Waals surface area contributed by atoms with Crippen LogP contribution in [0.15, 0.2) is 18.2 Å². The van der Waals surface area contributed by atoms with Gasteiger partial charge in [-0.2, -0.15) is 0 Å². The van der Waals surface area contributed by atoms with Crippen molar-refractivity contribution in [3.05, 3.63) is 28.8 Å². The zero-order valence-electron chi connectivity index (χ0n) is 9.13. The monoisotopic (exact) mass is 242 g/mol. The predicted octanol–water partition coefficient (Wildman–Crippen LogP) is 1.31. The van der Waals surface area contributed by atoms with E-state index in [2.05, 4.69) is 5.32 Å². The molecule has 1 aromatic carbocycles. The van der Waals surface area contributed by atoms with E-state index in [0.29, 0.717) is 23.9 Å². The molecule has 0 atom stereocenters. The summed E-state index contributed by atoms with van der Waals surface area (Å²) in [7, 11) is 0. The molecular weight excluding hydrogens is 228 g/mol. The SMILES string of the molecule is CCNC(=O)COc1ccc(CN)c(Cl)c1. The van der Waals surface area contributed by atoms with Crippen LogP contribution in [0.25, 0.3) is 0 Å². The normalized spacial score (nSPS) is 9.94. The third-order valence-corrected chi connectivity index (χ3v) is 2.34. The van der Waals surface area contributed by atoms with Gasteiger partial charge in [-0.3, -0.25) is 4.79 Å². The highest BCUT2D eigenvalue weighted by molar-refractivity contribution is 6.31. The van der Waals surface area contributed by atoms with E-state index in [9.17, 15) is 4.79 Å². The molecule has 0 aliphatic heterocycles. The Morgan fingerprint density at radius 3 is 2.88 bits per heavy atom. The lowest BCUT2D eigenvalue weighted by atomic mass is 10.2. The summed E-state index contributed by atoms with van der Waals surface area (Å²) < 4.78 is 5.26. The van der Waals surface area contributed by atoms with Crippen LogP contribution < -0.4 is 15.8 Å². The number of halogens is 1. The number of ether oxygens (including phenoxy) is 1. The first-order valence-electron chi connectivity index (χ1n) is 5.05. The number of rotatable bonds is 5. The Morgan fingerprint density at radius 1 is 1.56 bits per heavy atom. The lowest BCUT2D eigenvalue weighted by Crippen LogP contribution is -2.28. The third-order valence-electron chi connectivity index (χ3n) is 1.99. The minimum atomic E-state index is -0.151. The number of hydrogen-bond acceptors (Lipinski definition) is 3. The number of nitrogens with one attached hydrogen (secondary N) is 1. The van der Waals surface area contributed by atoms with E-state index < -0.39 is 0 Å². The Balaban J connectivity index is 2.55. The first-order chi connectivity index (χ1) is 7.67. The number of carbonyl (C=O) groups excluding carboxylic acids is 1. The van der Waals surface area contributed by atoms with Crippen LogP contribution in [0.4, 0.5) is 0 Å². The summed E-state index contributed by atoms with van der Waals surface area (Å²) in [6, 6.07) is 5.19. The summed E-state index contributed by atoms with van der Waals surface area (Å²) in [5.41, 5.74) is 6.33. The number of nitrogens with two attached hydrogens (primary N) is 1. The minimum absolute atomic E-state index is 0.00780. The molecule has 1 aromatic rings. The quantitative estimate of drug-likeness (QED) is 0.819. The predicted molar refractivity (Wildman–Crippen MR) is 63.5 cm³/mol. The second-order valence-electron chi connectivity index (χ2n) is 3.20. The van der Waals surface area contributed by atoms with Gasteiger partial charge in [-0.15, -0.1) is 0 Å².